The molecule has 0 atom stereocenters. The van der Waals surface area contributed by atoms with Crippen LogP contribution in [-0.2, 0) is 4.79 Å². The van der Waals surface area contributed by atoms with Crippen LogP contribution < -0.4 is 15.1 Å². The minimum Gasteiger partial charge on any atom is -0.484 e. The van der Waals surface area contributed by atoms with E-state index in [2.05, 4.69) is 4.99 Å². The molecule has 1 amide bonds. The maximum absolute atomic E-state index is 12.5. The van der Waals surface area contributed by atoms with Crippen molar-refractivity contribution in [3.63, 3.8) is 0 Å². The molecule has 0 bridgehead atoms. The molecule has 0 radical (unpaired) electrons. The number of carbonyl (C=O) groups excluding carboxylic acids is 2. The molecule has 0 spiro atoms. The summed E-state index contributed by atoms with van der Waals surface area (Å²) in [5, 5.41) is 0. The number of hydrogen-bond acceptors (Lipinski definition) is 4. The van der Waals surface area contributed by atoms with Crippen LogP contribution in [-0.4, -0.2) is 35.6 Å². The van der Waals surface area contributed by atoms with Gasteiger partial charge in [-0.15, -0.1) is 0 Å². The zero-order chi connectivity index (χ0) is 18.5. The Morgan fingerprint density at radius 1 is 1.19 bits per heavy atom. The summed E-state index contributed by atoms with van der Waals surface area (Å²) in [5.74, 6) is 0.548. The summed E-state index contributed by atoms with van der Waals surface area (Å²) in [6, 6.07) is 12.8. The number of benzene rings is 1. The molecule has 0 saturated carbocycles. The molecule has 2 aromatic rings. The largest absolute Gasteiger partial charge is 0.484 e. The first-order valence-electron chi connectivity index (χ1n) is 8.82. The van der Waals surface area contributed by atoms with Crippen LogP contribution in [0.15, 0.2) is 53.7 Å². The van der Waals surface area contributed by atoms with Gasteiger partial charge in [0, 0.05) is 30.9 Å². The predicted molar refractivity (Wildman–Crippen MR) is 99.3 cm³/mol. The summed E-state index contributed by atoms with van der Waals surface area (Å²) in [5.41, 5.74) is 1.47. The van der Waals surface area contributed by atoms with Crippen molar-refractivity contribution in [2.24, 2.45) is 4.99 Å². The molecular formula is C20H23N3O3. The van der Waals surface area contributed by atoms with Crippen molar-refractivity contribution < 1.29 is 14.3 Å². The number of anilines is 1. The van der Waals surface area contributed by atoms with Gasteiger partial charge in [0.15, 0.2) is 6.61 Å². The van der Waals surface area contributed by atoms with Crippen LogP contribution in [0.5, 0.6) is 5.75 Å². The Morgan fingerprint density at radius 2 is 1.96 bits per heavy atom. The number of rotatable bonds is 5. The van der Waals surface area contributed by atoms with Crippen molar-refractivity contribution in [2.45, 2.75) is 32.7 Å². The Bertz CT molecular complexity index is 853. The fourth-order valence-electron chi connectivity index (χ4n) is 2.87. The van der Waals surface area contributed by atoms with Crippen LogP contribution in [0.2, 0.25) is 0 Å². The lowest BCUT2D eigenvalue weighted by molar-refractivity contribution is -0.117. The first kappa shape index (κ1) is 17.9. The fourth-order valence-corrected chi connectivity index (χ4v) is 2.87. The Balaban J connectivity index is 1.66. The Hall–Kier alpha value is -2.89. The van der Waals surface area contributed by atoms with Crippen molar-refractivity contribution in [1.82, 2.24) is 4.57 Å². The average molecular weight is 353 g/mol. The normalized spacial score (nSPS) is 15.0. The van der Waals surface area contributed by atoms with Gasteiger partial charge in [-0.2, -0.15) is 0 Å². The van der Waals surface area contributed by atoms with Gasteiger partial charge in [-0.1, -0.05) is 6.07 Å². The molecule has 0 unspecified atom stereocenters. The second-order valence-corrected chi connectivity index (χ2v) is 6.48. The van der Waals surface area contributed by atoms with Crippen LogP contribution in [0.4, 0.5) is 5.69 Å². The number of carbonyl (C=O) groups is 2. The quantitative estimate of drug-likeness (QED) is 0.830. The maximum Gasteiger partial charge on any atom is 0.270 e. The molecule has 1 aliphatic rings. The highest BCUT2D eigenvalue weighted by Gasteiger charge is 2.21. The van der Waals surface area contributed by atoms with Gasteiger partial charge in [0.05, 0.1) is 0 Å². The molecule has 1 aromatic carbocycles. The molecule has 1 saturated heterocycles. The summed E-state index contributed by atoms with van der Waals surface area (Å²) in [4.78, 5) is 30.5. The molecule has 1 aromatic heterocycles. The molecule has 136 valence electrons. The summed E-state index contributed by atoms with van der Waals surface area (Å²) in [6.07, 6.45) is 3.18. The van der Waals surface area contributed by atoms with Gasteiger partial charge in [-0.05, 0) is 56.7 Å². The number of amides is 1. The lowest BCUT2D eigenvalue weighted by Crippen LogP contribution is -2.31. The Labute approximate surface area is 152 Å². The van der Waals surface area contributed by atoms with Gasteiger partial charge in [-0.3, -0.25) is 19.1 Å². The van der Waals surface area contributed by atoms with Gasteiger partial charge >= 0.3 is 0 Å². The molecule has 26 heavy (non-hydrogen) atoms. The van der Waals surface area contributed by atoms with Gasteiger partial charge < -0.3 is 9.64 Å². The smallest absolute Gasteiger partial charge is 0.270 e. The maximum atomic E-state index is 12.5. The van der Waals surface area contributed by atoms with Gasteiger partial charge in [-0.25, -0.2) is 0 Å². The molecule has 2 heterocycles. The van der Waals surface area contributed by atoms with Crippen LogP contribution in [0, 0.1) is 0 Å². The summed E-state index contributed by atoms with van der Waals surface area (Å²) < 4.78 is 7.11. The number of pyridine rings is 1. The third-order valence-electron chi connectivity index (χ3n) is 4.08. The van der Waals surface area contributed by atoms with E-state index in [0.717, 1.165) is 18.7 Å². The minimum atomic E-state index is -0.191. The zero-order valence-electron chi connectivity index (χ0n) is 15.1. The van der Waals surface area contributed by atoms with E-state index in [1.165, 1.54) is 4.57 Å². The molecular weight excluding hydrogens is 330 g/mol. The number of ether oxygens (including phenoxy) is 1. The van der Waals surface area contributed by atoms with Crippen LogP contribution in [0.25, 0.3) is 0 Å². The molecule has 6 heteroatoms. The fraction of sp³-hybridized carbons (Fsp3) is 0.350. The standard InChI is InChI=1S/C20H23N3O3/c1-15(2)21-18-6-3-4-12-23(18)20(25)14-26-17-10-8-16(9-11-17)22-13-5-7-19(22)24/h3-4,6,8-12,15H,5,7,13-14H2,1-2H3. The van der Waals surface area contributed by atoms with Gasteiger partial charge in [0.1, 0.15) is 11.2 Å². The molecule has 6 nitrogen and oxygen atoms in total. The van der Waals surface area contributed by atoms with E-state index in [1.807, 2.05) is 32.0 Å². The van der Waals surface area contributed by atoms with E-state index >= 15 is 0 Å². The van der Waals surface area contributed by atoms with E-state index in [-0.39, 0.29) is 24.5 Å². The first-order valence-corrected chi connectivity index (χ1v) is 8.82. The van der Waals surface area contributed by atoms with Crippen molar-refractivity contribution in [3.8, 4) is 5.75 Å². The summed E-state index contributed by atoms with van der Waals surface area (Å²) >= 11 is 0. The second kappa shape index (κ2) is 7.99. The third kappa shape index (κ3) is 4.20. The summed E-state index contributed by atoms with van der Waals surface area (Å²) in [6.45, 7) is 4.59. The Morgan fingerprint density at radius 3 is 2.62 bits per heavy atom. The lowest BCUT2D eigenvalue weighted by Gasteiger charge is -2.16. The van der Waals surface area contributed by atoms with Crippen molar-refractivity contribution in [1.29, 1.82) is 0 Å². The second-order valence-electron chi connectivity index (χ2n) is 6.48. The average Bonchev–Trinajstić information content (AvgIpc) is 3.06. The summed E-state index contributed by atoms with van der Waals surface area (Å²) in [7, 11) is 0. The lowest BCUT2D eigenvalue weighted by atomic mass is 10.3. The SMILES string of the molecule is CC(C)N=c1ccccn1C(=O)COc1ccc(N2CCCC2=O)cc1. The van der Waals surface area contributed by atoms with E-state index in [4.69, 9.17) is 4.74 Å². The van der Waals surface area contributed by atoms with Gasteiger partial charge in [0.2, 0.25) is 5.91 Å². The van der Waals surface area contributed by atoms with E-state index < -0.39 is 0 Å². The number of hydrogen-bond donors (Lipinski definition) is 0. The molecule has 0 N–H and O–H groups in total. The van der Waals surface area contributed by atoms with E-state index in [0.29, 0.717) is 17.7 Å². The van der Waals surface area contributed by atoms with Crippen LogP contribution in [0.1, 0.15) is 31.5 Å². The molecule has 3 rings (SSSR count). The highest BCUT2D eigenvalue weighted by atomic mass is 16.5. The van der Waals surface area contributed by atoms with Crippen molar-refractivity contribution >= 4 is 17.5 Å². The van der Waals surface area contributed by atoms with Gasteiger partial charge in [0.25, 0.3) is 5.91 Å². The van der Waals surface area contributed by atoms with Crippen LogP contribution >= 0.6 is 0 Å². The van der Waals surface area contributed by atoms with Crippen molar-refractivity contribution in [2.75, 3.05) is 18.1 Å². The number of nitrogens with zero attached hydrogens (tertiary/aromatic N) is 3. The molecule has 1 aliphatic heterocycles. The third-order valence-corrected chi connectivity index (χ3v) is 4.08. The highest BCUT2D eigenvalue weighted by Crippen LogP contribution is 2.23. The number of aromatic nitrogens is 1. The van der Waals surface area contributed by atoms with E-state index in [9.17, 15) is 9.59 Å². The zero-order valence-corrected chi connectivity index (χ0v) is 15.1. The first-order chi connectivity index (χ1) is 12.5. The van der Waals surface area contributed by atoms with Crippen molar-refractivity contribution in [3.05, 3.63) is 54.1 Å². The molecule has 1 fully saturated rings. The van der Waals surface area contributed by atoms with Crippen LogP contribution in [0.3, 0.4) is 0 Å². The Kier molecular flexibility index (Phi) is 5.51. The minimum absolute atomic E-state index is 0.0860. The topological polar surface area (TPSA) is 63.9 Å². The monoisotopic (exact) mass is 353 g/mol. The molecule has 0 aliphatic carbocycles. The van der Waals surface area contributed by atoms with E-state index in [1.54, 1.807) is 35.4 Å². The predicted octanol–water partition coefficient (Wildman–Crippen LogP) is 2.64. The highest BCUT2D eigenvalue weighted by molar-refractivity contribution is 5.95.